The molecular formula is C14H21NS. The van der Waals surface area contributed by atoms with Crippen molar-refractivity contribution in [1.82, 2.24) is 5.32 Å². The van der Waals surface area contributed by atoms with E-state index in [1.165, 1.54) is 49.9 Å². The van der Waals surface area contributed by atoms with Crippen molar-refractivity contribution < 1.29 is 0 Å². The summed E-state index contributed by atoms with van der Waals surface area (Å²) in [5, 5.41) is 5.96. The maximum Gasteiger partial charge on any atom is 0.00980 e. The van der Waals surface area contributed by atoms with Gasteiger partial charge >= 0.3 is 0 Å². The Labute approximate surface area is 102 Å². The van der Waals surface area contributed by atoms with E-state index in [1.807, 2.05) is 11.3 Å². The summed E-state index contributed by atoms with van der Waals surface area (Å²) >= 11 is 1.89. The van der Waals surface area contributed by atoms with Gasteiger partial charge in [0.05, 0.1) is 0 Å². The SMILES string of the molecule is c1csc(CCCNC2CC3CCC2C3)c1. The van der Waals surface area contributed by atoms with Gasteiger partial charge < -0.3 is 5.32 Å². The van der Waals surface area contributed by atoms with Crippen LogP contribution >= 0.6 is 11.3 Å². The van der Waals surface area contributed by atoms with Gasteiger partial charge in [-0.2, -0.15) is 0 Å². The molecule has 16 heavy (non-hydrogen) atoms. The first-order valence-corrected chi connectivity index (χ1v) is 7.55. The highest BCUT2D eigenvalue weighted by atomic mass is 32.1. The summed E-state index contributed by atoms with van der Waals surface area (Å²) in [6.45, 7) is 1.21. The van der Waals surface area contributed by atoms with Crippen molar-refractivity contribution in [2.24, 2.45) is 11.8 Å². The normalized spacial score (nSPS) is 32.4. The van der Waals surface area contributed by atoms with Crippen molar-refractivity contribution in [3.05, 3.63) is 22.4 Å². The van der Waals surface area contributed by atoms with E-state index in [-0.39, 0.29) is 0 Å². The predicted molar refractivity (Wildman–Crippen MR) is 69.9 cm³/mol. The largest absolute Gasteiger partial charge is 0.314 e. The molecule has 0 aromatic carbocycles. The van der Waals surface area contributed by atoms with Crippen molar-refractivity contribution in [2.75, 3.05) is 6.54 Å². The zero-order valence-corrected chi connectivity index (χ0v) is 10.6. The van der Waals surface area contributed by atoms with Crippen LogP contribution in [0.1, 0.15) is 37.0 Å². The molecule has 1 heterocycles. The number of hydrogen-bond donors (Lipinski definition) is 1. The molecule has 1 nitrogen and oxygen atoms in total. The molecule has 0 saturated heterocycles. The number of thiophene rings is 1. The molecule has 2 fully saturated rings. The van der Waals surface area contributed by atoms with Gasteiger partial charge in [0.25, 0.3) is 0 Å². The molecule has 2 aliphatic carbocycles. The Morgan fingerprint density at radius 2 is 2.31 bits per heavy atom. The molecule has 88 valence electrons. The fourth-order valence-corrected chi connectivity index (χ4v) is 4.25. The topological polar surface area (TPSA) is 12.0 Å². The first kappa shape index (κ1) is 10.8. The zero-order chi connectivity index (χ0) is 10.8. The summed E-state index contributed by atoms with van der Waals surface area (Å²) in [5.41, 5.74) is 0. The molecule has 0 spiro atoms. The third-order valence-electron chi connectivity index (χ3n) is 4.32. The summed E-state index contributed by atoms with van der Waals surface area (Å²) in [6.07, 6.45) is 8.54. The van der Waals surface area contributed by atoms with Crippen LogP contribution in [0.4, 0.5) is 0 Å². The molecule has 0 amide bonds. The van der Waals surface area contributed by atoms with Crippen LogP contribution in [-0.2, 0) is 6.42 Å². The van der Waals surface area contributed by atoms with Crippen LogP contribution in [0.5, 0.6) is 0 Å². The Hall–Kier alpha value is -0.340. The molecular weight excluding hydrogens is 214 g/mol. The first-order chi connectivity index (χ1) is 7.92. The van der Waals surface area contributed by atoms with Gasteiger partial charge in [0, 0.05) is 10.9 Å². The molecule has 2 aliphatic rings. The fraction of sp³-hybridized carbons (Fsp3) is 0.714. The van der Waals surface area contributed by atoms with Gasteiger partial charge in [-0.1, -0.05) is 12.5 Å². The van der Waals surface area contributed by atoms with E-state index in [1.54, 1.807) is 0 Å². The summed E-state index contributed by atoms with van der Waals surface area (Å²) in [6, 6.07) is 5.27. The van der Waals surface area contributed by atoms with E-state index in [0.717, 1.165) is 17.9 Å². The standard InChI is InChI=1S/C14H21NS/c1(3-13-4-2-8-16-13)7-15-14-10-11-5-6-12(14)9-11/h2,4,8,11-12,14-15H,1,3,5-7,9-10H2. The summed E-state index contributed by atoms with van der Waals surface area (Å²) in [7, 11) is 0. The fourth-order valence-electron chi connectivity index (χ4n) is 3.50. The molecule has 3 atom stereocenters. The van der Waals surface area contributed by atoms with Gasteiger partial charge in [0.1, 0.15) is 0 Å². The summed E-state index contributed by atoms with van der Waals surface area (Å²) in [4.78, 5) is 1.54. The Morgan fingerprint density at radius 3 is 3.00 bits per heavy atom. The molecule has 2 heteroatoms. The lowest BCUT2D eigenvalue weighted by Gasteiger charge is -2.22. The Morgan fingerprint density at radius 1 is 1.31 bits per heavy atom. The van der Waals surface area contributed by atoms with Crippen LogP contribution in [-0.4, -0.2) is 12.6 Å². The third kappa shape index (κ3) is 2.33. The minimum atomic E-state index is 0.863. The van der Waals surface area contributed by atoms with E-state index < -0.39 is 0 Å². The van der Waals surface area contributed by atoms with Crippen LogP contribution in [0, 0.1) is 11.8 Å². The highest BCUT2D eigenvalue weighted by molar-refractivity contribution is 7.09. The van der Waals surface area contributed by atoms with E-state index in [9.17, 15) is 0 Å². The van der Waals surface area contributed by atoms with Crippen LogP contribution in [0.25, 0.3) is 0 Å². The number of hydrogen-bond acceptors (Lipinski definition) is 2. The summed E-state index contributed by atoms with van der Waals surface area (Å²) < 4.78 is 0. The maximum absolute atomic E-state index is 3.78. The number of rotatable bonds is 5. The molecule has 3 rings (SSSR count). The lowest BCUT2D eigenvalue weighted by Crippen LogP contribution is -2.34. The van der Waals surface area contributed by atoms with Crippen molar-refractivity contribution in [2.45, 2.75) is 44.6 Å². The molecule has 1 N–H and O–H groups in total. The second kappa shape index (κ2) is 4.89. The molecule has 2 saturated carbocycles. The maximum atomic E-state index is 3.78. The van der Waals surface area contributed by atoms with Crippen molar-refractivity contribution in [1.29, 1.82) is 0 Å². The smallest absolute Gasteiger partial charge is 0.00980 e. The van der Waals surface area contributed by atoms with Crippen molar-refractivity contribution >= 4 is 11.3 Å². The van der Waals surface area contributed by atoms with Gasteiger partial charge in [-0.3, -0.25) is 0 Å². The second-order valence-electron chi connectivity index (χ2n) is 5.42. The van der Waals surface area contributed by atoms with Crippen molar-refractivity contribution in [3.8, 4) is 0 Å². The second-order valence-corrected chi connectivity index (χ2v) is 6.45. The molecule has 1 aromatic rings. The van der Waals surface area contributed by atoms with Crippen LogP contribution in [0.3, 0.4) is 0 Å². The Balaban J connectivity index is 1.35. The minimum absolute atomic E-state index is 0.863. The van der Waals surface area contributed by atoms with Crippen LogP contribution in [0.2, 0.25) is 0 Å². The van der Waals surface area contributed by atoms with Crippen LogP contribution < -0.4 is 5.32 Å². The monoisotopic (exact) mass is 235 g/mol. The molecule has 0 aliphatic heterocycles. The molecule has 0 radical (unpaired) electrons. The Bertz CT molecular complexity index is 319. The van der Waals surface area contributed by atoms with Gasteiger partial charge in [0.15, 0.2) is 0 Å². The number of fused-ring (bicyclic) bond motifs is 2. The van der Waals surface area contributed by atoms with Gasteiger partial charge in [-0.25, -0.2) is 0 Å². The van der Waals surface area contributed by atoms with E-state index >= 15 is 0 Å². The number of aryl methyl sites for hydroxylation is 1. The van der Waals surface area contributed by atoms with Gasteiger partial charge in [0.2, 0.25) is 0 Å². The average Bonchev–Trinajstić information content (AvgIpc) is 3.01. The van der Waals surface area contributed by atoms with E-state index in [4.69, 9.17) is 0 Å². The highest BCUT2D eigenvalue weighted by Crippen LogP contribution is 2.44. The van der Waals surface area contributed by atoms with Gasteiger partial charge in [-0.15, -0.1) is 11.3 Å². The van der Waals surface area contributed by atoms with E-state index in [0.29, 0.717) is 0 Å². The Kier molecular flexibility index (Phi) is 3.30. The van der Waals surface area contributed by atoms with E-state index in [2.05, 4.69) is 22.8 Å². The van der Waals surface area contributed by atoms with Gasteiger partial charge in [-0.05, 0) is 61.9 Å². The summed E-state index contributed by atoms with van der Waals surface area (Å²) in [5.74, 6) is 2.09. The number of nitrogens with one attached hydrogen (secondary N) is 1. The molecule has 1 aromatic heterocycles. The minimum Gasteiger partial charge on any atom is -0.314 e. The third-order valence-corrected chi connectivity index (χ3v) is 5.26. The zero-order valence-electron chi connectivity index (χ0n) is 9.82. The molecule has 3 unspecified atom stereocenters. The first-order valence-electron chi connectivity index (χ1n) is 6.67. The lowest BCUT2D eigenvalue weighted by molar-refractivity contribution is 0.351. The van der Waals surface area contributed by atoms with Crippen LogP contribution in [0.15, 0.2) is 17.5 Å². The predicted octanol–water partition coefficient (Wildman–Crippen LogP) is 3.46. The highest BCUT2D eigenvalue weighted by Gasteiger charge is 2.38. The lowest BCUT2D eigenvalue weighted by atomic mass is 9.95. The average molecular weight is 235 g/mol. The molecule has 2 bridgehead atoms. The van der Waals surface area contributed by atoms with Crippen molar-refractivity contribution in [3.63, 3.8) is 0 Å². The quantitative estimate of drug-likeness (QED) is 0.771.